The molecule has 0 aromatic heterocycles. The molecule has 2 fully saturated rings. The lowest BCUT2D eigenvalue weighted by molar-refractivity contribution is -0.201. The summed E-state index contributed by atoms with van der Waals surface area (Å²) in [5.74, 6) is -4.92. The number of hydrogen-bond acceptors (Lipinski definition) is 10. The number of amides is 2. The Morgan fingerprint density at radius 3 is 1.00 bits per heavy atom. The van der Waals surface area contributed by atoms with Crippen LogP contribution in [0.2, 0.25) is 0 Å². The second-order valence-corrected chi connectivity index (χ2v) is 6.86. The maximum Gasteiger partial charge on any atom is 0.303 e. The SMILES string of the molecule is CC(=O)O[C@@H]([C@H](OC(C)=O)[C@H](OC(C)=O)C(=O)N1CC1)[C@H](OC(C)=O)C(=O)N1CC1. The van der Waals surface area contributed by atoms with Crippen LogP contribution in [0.1, 0.15) is 27.7 Å². The van der Waals surface area contributed by atoms with Crippen molar-refractivity contribution in [3.05, 3.63) is 0 Å². The highest BCUT2D eigenvalue weighted by Gasteiger charge is 2.52. The topological polar surface area (TPSA) is 145 Å². The monoisotopic (exact) mass is 428 g/mol. The third-order valence-electron chi connectivity index (χ3n) is 4.12. The zero-order valence-electron chi connectivity index (χ0n) is 17.1. The van der Waals surface area contributed by atoms with E-state index in [0.29, 0.717) is 26.2 Å². The highest BCUT2D eigenvalue weighted by molar-refractivity contribution is 5.88. The van der Waals surface area contributed by atoms with Crippen molar-refractivity contribution in [2.45, 2.75) is 52.1 Å². The summed E-state index contributed by atoms with van der Waals surface area (Å²) in [6.45, 7) is 5.69. The minimum absolute atomic E-state index is 0.391. The van der Waals surface area contributed by atoms with Crippen molar-refractivity contribution >= 4 is 35.7 Å². The summed E-state index contributed by atoms with van der Waals surface area (Å²) in [4.78, 5) is 74.9. The molecule has 166 valence electrons. The number of rotatable bonds is 9. The third kappa shape index (κ3) is 6.42. The lowest BCUT2D eigenvalue weighted by Crippen LogP contribution is -2.57. The first-order valence-electron chi connectivity index (χ1n) is 9.27. The second kappa shape index (κ2) is 9.55. The summed E-state index contributed by atoms with van der Waals surface area (Å²) >= 11 is 0. The fraction of sp³-hybridized carbons (Fsp3) is 0.667. The van der Waals surface area contributed by atoms with Crippen molar-refractivity contribution < 1.29 is 47.7 Å². The van der Waals surface area contributed by atoms with Crippen molar-refractivity contribution in [3.63, 3.8) is 0 Å². The standard InChI is InChI=1S/C18H24N2O10/c1-9(21)27-13(15(29-11(3)23)17(25)19-5-6-19)14(28-10(2)22)16(30-12(4)24)18(26)20-7-8-20/h13-16H,5-8H2,1-4H3/t13-,14-,15-,16-/m0/s1. The molecular weight excluding hydrogens is 404 g/mol. The van der Waals surface area contributed by atoms with Crippen LogP contribution < -0.4 is 0 Å². The molecule has 4 atom stereocenters. The van der Waals surface area contributed by atoms with E-state index in [1.807, 2.05) is 0 Å². The Kier molecular flexibility index (Phi) is 7.35. The Morgan fingerprint density at radius 2 is 0.800 bits per heavy atom. The van der Waals surface area contributed by atoms with E-state index in [9.17, 15) is 28.8 Å². The first kappa shape index (κ1) is 23.1. The molecule has 2 amide bonds. The van der Waals surface area contributed by atoms with E-state index in [1.165, 1.54) is 9.80 Å². The molecule has 0 unspecified atom stereocenters. The van der Waals surface area contributed by atoms with Gasteiger partial charge in [0.25, 0.3) is 11.8 Å². The van der Waals surface area contributed by atoms with Gasteiger partial charge >= 0.3 is 23.9 Å². The van der Waals surface area contributed by atoms with Gasteiger partial charge in [-0.05, 0) is 0 Å². The largest absolute Gasteiger partial charge is 0.454 e. The molecule has 2 saturated heterocycles. The Balaban J connectivity index is 2.49. The molecule has 2 heterocycles. The summed E-state index contributed by atoms with van der Waals surface area (Å²) < 4.78 is 20.5. The summed E-state index contributed by atoms with van der Waals surface area (Å²) in [7, 11) is 0. The fourth-order valence-electron chi connectivity index (χ4n) is 2.76. The molecular formula is C18H24N2O10. The molecule has 2 aliphatic rings. The van der Waals surface area contributed by atoms with Gasteiger partial charge in [0.2, 0.25) is 12.2 Å². The summed E-state index contributed by atoms with van der Waals surface area (Å²) in [5.41, 5.74) is 0. The molecule has 0 aromatic rings. The zero-order chi connectivity index (χ0) is 22.6. The number of nitrogens with zero attached hydrogens (tertiary/aromatic N) is 2. The number of hydrogen-bond donors (Lipinski definition) is 0. The number of esters is 4. The molecule has 2 aliphatic heterocycles. The Labute approximate surface area is 172 Å². The van der Waals surface area contributed by atoms with E-state index in [-0.39, 0.29) is 0 Å². The minimum atomic E-state index is -1.73. The van der Waals surface area contributed by atoms with Crippen LogP contribution in [0.15, 0.2) is 0 Å². The van der Waals surface area contributed by atoms with Gasteiger partial charge in [-0.15, -0.1) is 0 Å². The summed E-state index contributed by atoms with van der Waals surface area (Å²) in [5, 5.41) is 0. The van der Waals surface area contributed by atoms with Crippen molar-refractivity contribution in [1.82, 2.24) is 9.80 Å². The molecule has 12 nitrogen and oxygen atoms in total. The maximum atomic E-state index is 12.7. The van der Waals surface area contributed by atoms with Gasteiger partial charge in [-0.2, -0.15) is 0 Å². The van der Waals surface area contributed by atoms with E-state index < -0.39 is 60.1 Å². The number of carbonyl (C=O) groups excluding carboxylic acids is 6. The van der Waals surface area contributed by atoms with Crippen LogP contribution in [0, 0.1) is 0 Å². The van der Waals surface area contributed by atoms with Gasteiger partial charge in [-0.25, -0.2) is 0 Å². The van der Waals surface area contributed by atoms with Crippen LogP contribution >= 0.6 is 0 Å². The molecule has 12 heteroatoms. The predicted octanol–water partition coefficient (Wildman–Crippen LogP) is -1.60. The van der Waals surface area contributed by atoms with Crippen molar-refractivity contribution in [1.29, 1.82) is 0 Å². The first-order valence-corrected chi connectivity index (χ1v) is 9.27. The molecule has 0 aliphatic carbocycles. The fourth-order valence-corrected chi connectivity index (χ4v) is 2.76. The van der Waals surface area contributed by atoms with Crippen LogP contribution in [-0.2, 0) is 47.7 Å². The van der Waals surface area contributed by atoms with Crippen LogP contribution in [0.5, 0.6) is 0 Å². The van der Waals surface area contributed by atoms with Gasteiger partial charge in [0.05, 0.1) is 0 Å². The molecule has 0 spiro atoms. The van der Waals surface area contributed by atoms with Gasteiger partial charge in [0, 0.05) is 53.9 Å². The highest BCUT2D eigenvalue weighted by Crippen LogP contribution is 2.25. The van der Waals surface area contributed by atoms with Gasteiger partial charge < -0.3 is 28.7 Å². The number of carbonyl (C=O) groups is 6. The van der Waals surface area contributed by atoms with E-state index in [0.717, 1.165) is 27.7 Å². The lowest BCUT2D eigenvalue weighted by Gasteiger charge is -2.34. The Bertz CT molecular complexity index is 681. The molecule has 0 saturated carbocycles. The van der Waals surface area contributed by atoms with E-state index in [1.54, 1.807) is 0 Å². The molecule has 0 aromatic carbocycles. The van der Waals surface area contributed by atoms with Crippen molar-refractivity contribution in [2.75, 3.05) is 26.2 Å². The molecule has 0 radical (unpaired) electrons. The van der Waals surface area contributed by atoms with Gasteiger partial charge in [-0.1, -0.05) is 0 Å². The highest BCUT2D eigenvalue weighted by atomic mass is 16.6. The first-order chi connectivity index (χ1) is 14.0. The molecule has 0 bridgehead atoms. The average Bonchev–Trinajstić information content (AvgIpc) is 3.51. The van der Waals surface area contributed by atoms with Gasteiger partial charge in [-0.3, -0.25) is 28.8 Å². The lowest BCUT2D eigenvalue weighted by atomic mass is 10.00. The quantitative estimate of drug-likeness (QED) is 0.239. The van der Waals surface area contributed by atoms with Crippen LogP contribution in [0.4, 0.5) is 0 Å². The Hall–Kier alpha value is -3.18. The van der Waals surface area contributed by atoms with E-state index >= 15 is 0 Å². The molecule has 0 N–H and O–H groups in total. The maximum absolute atomic E-state index is 12.7. The van der Waals surface area contributed by atoms with Crippen molar-refractivity contribution in [3.8, 4) is 0 Å². The smallest absolute Gasteiger partial charge is 0.303 e. The normalized spacial score (nSPS) is 18.3. The third-order valence-corrected chi connectivity index (χ3v) is 4.12. The number of ether oxygens (including phenoxy) is 4. The van der Waals surface area contributed by atoms with E-state index in [4.69, 9.17) is 18.9 Å². The van der Waals surface area contributed by atoms with E-state index in [2.05, 4.69) is 0 Å². The summed E-state index contributed by atoms with van der Waals surface area (Å²) in [6, 6.07) is 0. The van der Waals surface area contributed by atoms with Crippen molar-refractivity contribution in [2.24, 2.45) is 0 Å². The average molecular weight is 428 g/mol. The molecule has 30 heavy (non-hydrogen) atoms. The van der Waals surface area contributed by atoms with Crippen LogP contribution in [0.25, 0.3) is 0 Å². The van der Waals surface area contributed by atoms with Gasteiger partial charge in [0.1, 0.15) is 0 Å². The summed E-state index contributed by atoms with van der Waals surface area (Å²) in [6.07, 6.45) is -6.87. The van der Waals surface area contributed by atoms with Crippen LogP contribution in [0.3, 0.4) is 0 Å². The van der Waals surface area contributed by atoms with Crippen LogP contribution in [-0.4, -0.2) is 96.1 Å². The van der Waals surface area contributed by atoms with Gasteiger partial charge in [0.15, 0.2) is 12.2 Å². The zero-order valence-corrected chi connectivity index (χ0v) is 17.1. The second-order valence-electron chi connectivity index (χ2n) is 6.86. The minimum Gasteiger partial charge on any atom is -0.454 e. The molecule has 2 rings (SSSR count). The Morgan fingerprint density at radius 1 is 0.533 bits per heavy atom. The predicted molar refractivity (Wildman–Crippen MR) is 95.4 cm³/mol.